The molecule has 1 fully saturated rings. The molecule has 1 N–H and O–H groups in total. The van der Waals surface area contributed by atoms with Crippen molar-refractivity contribution in [2.45, 2.75) is 50.9 Å². The number of ether oxygens (including phenoxy) is 1. The van der Waals surface area contributed by atoms with Crippen LogP contribution in [0.2, 0.25) is 0 Å². The molecule has 1 amide bonds. The summed E-state index contributed by atoms with van der Waals surface area (Å²) in [6.45, 7) is 2.71. The Morgan fingerprint density at radius 2 is 1.71 bits per heavy atom. The number of rotatable bonds is 7. The molecule has 28 heavy (non-hydrogen) atoms. The van der Waals surface area contributed by atoms with E-state index in [2.05, 4.69) is 12.2 Å². The number of hydrogen-bond acceptors (Lipinski definition) is 4. The lowest BCUT2D eigenvalue weighted by Crippen LogP contribution is -2.42. The van der Waals surface area contributed by atoms with Gasteiger partial charge < -0.3 is 10.1 Å². The van der Waals surface area contributed by atoms with Crippen LogP contribution in [0, 0.1) is 10.1 Å². The van der Waals surface area contributed by atoms with Crippen LogP contribution in [0.4, 0.5) is 11.4 Å². The van der Waals surface area contributed by atoms with Gasteiger partial charge in [0.1, 0.15) is 5.75 Å². The lowest BCUT2D eigenvalue weighted by atomic mass is 9.68. The summed E-state index contributed by atoms with van der Waals surface area (Å²) in [5.74, 6) is 0.728. The van der Waals surface area contributed by atoms with Gasteiger partial charge in [0.15, 0.2) is 0 Å². The van der Waals surface area contributed by atoms with Crippen molar-refractivity contribution >= 4 is 17.3 Å². The Balaban J connectivity index is 1.80. The molecule has 0 bridgehead atoms. The number of carbonyl (C=O) groups excluding carboxylic acids is 1. The molecule has 148 valence electrons. The highest BCUT2D eigenvalue weighted by Gasteiger charge is 2.41. The maximum atomic E-state index is 13.3. The second kappa shape index (κ2) is 8.87. The average Bonchev–Trinajstić information content (AvgIpc) is 2.73. The Morgan fingerprint density at radius 3 is 2.29 bits per heavy atom. The van der Waals surface area contributed by atoms with E-state index in [9.17, 15) is 14.9 Å². The van der Waals surface area contributed by atoms with E-state index in [1.807, 2.05) is 24.3 Å². The standard InChI is InChI=1S/C22H26N2O4/c1-2-16-28-20-12-8-18(9-13-20)23-21(25)22(14-4-3-5-15-22)17-6-10-19(11-7-17)24(26)27/h6-13H,2-5,14-16H2,1H3,(H,23,25). The number of carbonyl (C=O) groups is 1. The van der Waals surface area contributed by atoms with Gasteiger partial charge in [-0.15, -0.1) is 0 Å². The van der Waals surface area contributed by atoms with Crippen molar-refractivity contribution in [1.82, 2.24) is 0 Å². The van der Waals surface area contributed by atoms with E-state index in [1.54, 1.807) is 12.1 Å². The van der Waals surface area contributed by atoms with E-state index in [4.69, 9.17) is 4.74 Å². The van der Waals surface area contributed by atoms with Crippen LogP contribution in [0.15, 0.2) is 48.5 Å². The second-order valence-electron chi connectivity index (χ2n) is 7.27. The lowest BCUT2D eigenvalue weighted by molar-refractivity contribution is -0.384. The summed E-state index contributed by atoms with van der Waals surface area (Å²) in [5.41, 5.74) is 0.960. The van der Waals surface area contributed by atoms with Crippen molar-refractivity contribution in [3.8, 4) is 5.75 Å². The summed E-state index contributed by atoms with van der Waals surface area (Å²) in [6.07, 6.45) is 5.47. The predicted molar refractivity (Wildman–Crippen MR) is 109 cm³/mol. The third-order valence-electron chi connectivity index (χ3n) is 5.36. The number of non-ortho nitro benzene ring substituents is 1. The first-order valence-corrected chi connectivity index (χ1v) is 9.84. The van der Waals surface area contributed by atoms with Crippen LogP contribution in [0.25, 0.3) is 0 Å². The fourth-order valence-electron chi connectivity index (χ4n) is 3.81. The molecule has 0 saturated heterocycles. The Labute approximate surface area is 165 Å². The Kier molecular flexibility index (Phi) is 6.29. The molecular weight excluding hydrogens is 356 g/mol. The van der Waals surface area contributed by atoms with Gasteiger partial charge in [0.25, 0.3) is 5.69 Å². The first kappa shape index (κ1) is 19.9. The zero-order chi connectivity index (χ0) is 20.0. The number of amides is 1. The van der Waals surface area contributed by atoms with Gasteiger partial charge in [-0.25, -0.2) is 0 Å². The minimum Gasteiger partial charge on any atom is -0.494 e. The molecule has 1 aliphatic carbocycles. The molecule has 0 atom stereocenters. The van der Waals surface area contributed by atoms with Crippen molar-refractivity contribution in [3.05, 3.63) is 64.2 Å². The zero-order valence-corrected chi connectivity index (χ0v) is 16.1. The van der Waals surface area contributed by atoms with Crippen molar-refractivity contribution in [2.75, 3.05) is 11.9 Å². The van der Waals surface area contributed by atoms with E-state index in [0.717, 1.165) is 55.5 Å². The highest BCUT2D eigenvalue weighted by molar-refractivity contribution is 5.99. The Morgan fingerprint density at radius 1 is 1.07 bits per heavy atom. The molecule has 0 spiro atoms. The highest BCUT2D eigenvalue weighted by atomic mass is 16.6. The van der Waals surface area contributed by atoms with E-state index in [0.29, 0.717) is 6.61 Å². The van der Waals surface area contributed by atoms with E-state index < -0.39 is 10.3 Å². The number of nitrogens with zero attached hydrogens (tertiary/aromatic N) is 1. The highest BCUT2D eigenvalue weighted by Crippen LogP contribution is 2.41. The molecule has 0 heterocycles. The van der Waals surface area contributed by atoms with Gasteiger partial charge in [0, 0.05) is 17.8 Å². The van der Waals surface area contributed by atoms with Crippen LogP contribution in [0.3, 0.4) is 0 Å². The van der Waals surface area contributed by atoms with Gasteiger partial charge in [0.05, 0.1) is 16.9 Å². The van der Waals surface area contributed by atoms with Crippen LogP contribution >= 0.6 is 0 Å². The summed E-state index contributed by atoms with van der Waals surface area (Å²) >= 11 is 0. The summed E-state index contributed by atoms with van der Waals surface area (Å²) < 4.78 is 5.58. The topological polar surface area (TPSA) is 81.5 Å². The summed E-state index contributed by atoms with van der Waals surface area (Å²) in [4.78, 5) is 23.8. The normalized spacial score (nSPS) is 15.6. The second-order valence-corrected chi connectivity index (χ2v) is 7.27. The molecule has 1 aliphatic rings. The van der Waals surface area contributed by atoms with E-state index in [-0.39, 0.29) is 11.6 Å². The minimum absolute atomic E-state index is 0.0396. The van der Waals surface area contributed by atoms with Gasteiger partial charge >= 0.3 is 0 Å². The number of nitro benzene ring substituents is 1. The van der Waals surface area contributed by atoms with Gasteiger partial charge in [0.2, 0.25) is 5.91 Å². The number of nitrogens with one attached hydrogen (secondary N) is 1. The van der Waals surface area contributed by atoms with Gasteiger partial charge in [-0.2, -0.15) is 0 Å². The molecule has 0 aromatic heterocycles. The van der Waals surface area contributed by atoms with E-state index >= 15 is 0 Å². The molecule has 2 aromatic carbocycles. The number of benzene rings is 2. The van der Waals surface area contributed by atoms with Crippen molar-refractivity contribution < 1.29 is 14.5 Å². The third kappa shape index (κ3) is 4.32. The predicted octanol–water partition coefficient (Wildman–Crippen LogP) is 5.22. The molecule has 0 unspecified atom stereocenters. The SMILES string of the molecule is CCCOc1ccc(NC(=O)C2(c3ccc([N+](=O)[O-])cc3)CCCCC2)cc1. The number of anilines is 1. The molecule has 3 rings (SSSR count). The zero-order valence-electron chi connectivity index (χ0n) is 16.1. The van der Waals surface area contributed by atoms with Crippen LogP contribution in [0.1, 0.15) is 51.0 Å². The van der Waals surface area contributed by atoms with Crippen LogP contribution in [0.5, 0.6) is 5.75 Å². The Bertz CT molecular complexity index is 809. The average molecular weight is 382 g/mol. The summed E-state index contributed by atoms with van der Waals surface area (Å²) in [7, 11) is 0. The maximum absolute atomic E-state index is 13.3. The molecule has 6 heteroatoms. The van der Waals surface area contributed by atoms with Crippen LogP contribution in [-0.4, -0.2) is 17.4 Å². The summed E-state index contributed by atoms with van der Waals surface area (Å²) in [6, 6.07) is 13.8. The van der Waals surface area contributed by atoms with Crippen molar-refractivity contribution in [3.63, 3.8) is 0 Å². The van der Waals surface area contributed by atoms with Gasteiger partial charge in [-0.3, -0.25) is 14.9 Å². The quantitative estimate of drug-likeness (QED) is 0.525. The first-order chi connectivity index (χ1) is 13.5. The van der Waals surface area contributed by atoms with Crippen molar-refractivity contribution in [1.29, 1.82) is 0 Å². The van der Waals surface area contributed by atoms with Gasteiger partial charge in [-0.05, 0) is 49.1 Å². The maximum Gasteiger partial charge on any atom is 0.269 e. The molecule has 2 aromatic rings. The number of hydrogen-bond donors (Lipinski definition) is 1. The first-order valence-electron chi connectivity index (χ1n) is 9.84. The lowest BCUT2D eigenvalue weighted by Gasteiger charge is -2.36. The minimum atomic E-state index is -0.648. The van der Waals surface area contributed by atoms with Crippen LogP contribution < -0.4 is 10.1 Å². The Hall–Kier alpha value is -2.89. The van der Waals surface area contributed by atoms with E-state index in [1.165, 1.54) is 12.1 Å². The number of nitro groups is 1. The molecule has 1 saturated carbocycles. The smallest absolute Gasteiger partial charge is 0.269 e. The largest absolute Gasteiger partial charge is 0.494 e. The molecule has 0 aliphatic heterocycles. The van der Waals surface area contributed by atoms with Gasteiger partial charge in [-0.1, -0.05) is 38.3 Å². The summed E-state index contributed by atoms with van der Waals surface area (Å²) in [5, 5.41) is 14.0. The van der Waals surface area contributed by atoms with Crippen molar-refractivity contribution in [2.24, 2.45) is 0 Å². The molecule has 0 radical (unpaired) electrons. The molecular formula is C22H26N2O4. The monoisotopic (exact) mass is 382 g/mol. The third-order valence-corrected chi connectivity index (χ3v) is 5.36. The fourth-order valence-corrected chi connectivity index (χ4v) is 3.81. The van der Waals surface area contributed by atoms with Crippen LogP contribution in [-0.2, 0) is 10.2 Å². The fraction of sp³-hybridized carbons (Fsp3) is 0.409. The molecule has 6 nitrogen and oxygen atoms in total.